The monoisotopic (exact) mass is 569 g/mol. The van der Waals surface area contributed by atoms with E-state index in [4.69, 9.17) is 0 Å². The summed E-state index contributed by atoms with van der Waals surface area (Å²) < 4.78 is 0. The first kappa shape index (κ1) is 32.2. The first-order valence-corrected chi connectivity index (χ1v) is 14.3. The molecule has 1 saturated heterocycles. The molecule has 10 nitrogen and oxygen atoms in total. The van der Waals surface area contributed by atoms with Gasteiger partial charge in [-0.3, -0.25) is 29.0 Å². The third-order valence-electron chi connectivity index (χ3n) is 8.26. The van der Waals surface area contributed by atoms with Crippen LogP contribution >= 0.6 is 0 Å². The maximum absolute atomic E-state index is 14.1. The number of aromatic nitrogens is 1. The van der Waals surface area contributed by atoms with Crippen LogP contribution in [0.25, 0.3) is 0 Å². The van der Waals surface area contributed by atoms with Crippen molar-refractivity contribution in [3.8, 4) is 0 Å². The molecule has 1 aliphatic carbocycles. The molecule has 1 aromatic heterocycles. The molecule has 0 spiro atoms. The van der Waals surface area contributed by atoms with Crippen LogP contribution in [0.2, 0.25) is 0 Å². The number of nitrogens with one attached hydrogen (secondary N) is 2. The van der Waals surface area contributed by atoms with Crippen LogP contribution < -0.4 is 10.6 Å². The Morgan fingerprint density at radius 2 is 1.68 bits per heavy atom. The number of ketones is 1. The molecule has 0 aromatic carbocycles. The number of carbonyl (C=O) groups is 5. The molecule has 0 radical (unpaired) electrons. The van der Waals surface area contributed by atoms with E-state index in [0.717, 1.165) is 0 Å². The molecule has 2 aliphatic rings. The van der Waals surface area contributed by atoms with Crippen molar-refractivity contribution >= 4 is 29.4 Å². The number of nitrogens with zero attached hydrogens (tertiary/aromatic N) is 3. The van der Waals surface area contributed by atoms with E-state index >= 15 is 0 Å². The summed E-state index contributed by atoms with van der Waals surface area (Å²) in [5, 5.41) is 5.76. The number of likely N-dealkylation sites (N-methyl/N-ethyl adjacent to an activating group) is 1. The normalized spacial score (nSPS) is 22.7. The summed E-state index contributed by atoms with van der Waals surface area (Å²) in [4.78, 5) is 73.8. The van der Waals surface area contributed by atoms with Crippen LogP contribution in [0, 0.1) is 28.1 Å². The van der Waals surface area contributed by atoms with Gasteiger partial charge < -0.3 is 20.4 Å². The van der Waals surface area contributed by atoms with Crippen LogP contribution in [-0.2, 0) is 30.4 Å². The number of rotatable bonds is 9. The van der Waals surface area contributed by atoms with Gasteiger partial charge in [-0.2, -0.15) is 0 Å². The topological polar surface area (TPSA) is 129 Å². The summed E-state index contributed by atoms with van der Waals surface area (Å²) in [5.41, 5.74) is -0.470. The van der Waals surface area contributed by atoms with Crippen LogP contribution in [0.4, 0.5) is 0 Å². The average molecular weight is 570 g/mol. The third kappa shape index (κ3) is 7.32. The molecule has 1 aliphatic heterocycles. The number of carbonyl (C=O) groups excluding carboxylic acids is 5. The lowest BCUT2D eigenvalue weighted by Gasteiger charge is -2.38. The Morgan fingerprint density at radius 1 is 1.05 bits per heavy atom. The molecule has 226 valence electrons. The van der Waals surface area contributed by atoms with E-state index in [1.54, 1.807) is 29.3 Å². The largest absolute Gasteiger partial charge is 0.344 e. The van der Waals surface area contributed by atoms with Crippen molar-refractivity contribution in [3.05, 3.63) is 30.1 Å². The Labute approximate surface area is 244 Å². The number of fused-ring (bicyclic) bond motifs is 1. The minimum absolute atomic E-state index is 0.0383. The smallest absolute Gasteiger partial charge is 0.291 e. The SMILES string of the molecule is CN(C)C(=O)C(=O)[C@H](Cc1ccccn1)NC(=O)[C@@H]1[C@@H]2[C@H](CN1C(=O)[C@@H](NC(=O)CC(C)(C)C)C(C)(C)C)C2(C)C. The van der Waals surface area contributed by atoms with E-state index in [0.29, 0.717) is 12.2 Å². The molecule has 0 unspecified atom stereocenters. The van der Waals surface area contributed by atoms with Crippen LogP contribution in [0.1, 0.15) is 67.5 Å². The summed E-state index contributed by atoms with van der Waals surface area (Å²) in [6.07, 6.45) is 1.88. The van der Waals surface area contributed by atoms with Crippen molar-refractivity contribution in [2.45, 2.75) is 86.4 Å². The Bertz CT molecular complexity index is 1180. The lowest BCUT2D eigenvalue weighted by Crippen LogP contribution is -2.60. The van der Waals surface area contributed by atoms with Gasteiger partial charge in [-0.05, 0) is 40.2 Å². The van der Waals surface area contributed by atoms with Crippen molar-refractivity contribution in [2.75, 3.05) is 20.6 Å². The van der Waals surface area contributed by atoms with Crippen molar-refractivity contribution < 1.29 is 24.0 Å². The zero-order valence-corrected chi connectivity index (χ0v) is 26.2. The number of hydrogen-bond donors (Lipinski definition) is 2. The molecule has 1 saturated carbocycles. The Morgan fingerprint density at radius 3 is 2.20 bits per heavy atom. The first-order valence-electron chi connectivity index (χ1n) is 14.3. The predicted molar refractivity (Wildman–Crippen MR) is 155 cm³/mol. The highest BCUT2D eigenvalue weighted by atomic mass is 16.2. The van der Waals surface area contributed by atoms with Gasteiger partial charge >= 0.3 is 0 Å². The lowest BCUT2D eigenvalue weighted by molar-refractivity contribution is -0.147. The Balaban J connectivity index is 1.90. The van der Waals surface area contributed by atoms with E-state index in [1.807, 2.05) is 41.5 Å². The highest BCUT2D eigenvalue weighted by Gasteiger charge is 2.70. The summed E-state index contributed by atoms with van der Waals surface area (Å²) in [5.74, 6) is -2.50. The quantitative estimate of drug-likeness (QED) is 0.439. The average Bonchev–Trinajstić information content (AvgIpc) is 3.17. The van der Waals surface area contributed by atoms with Gasteiger partial charge in [-0.1, -0.05) is 61.5 Å². The minimum atomic E-state index is -1.14. The Kier molecular flexibility index (Phi) is 9.06. The fraction of sp³-hybridized carbons (Fsp3) is 0.677. The zero-order valence-electron chi connectivity index (χ0n) is 26.2. The molecule has 2 heterocycles. The highest BCUT2D eigenvalue weighted by molar-refractivity contribution is 6.38. The second-order valence-corrected chi connectivity index (χ2v) is 14.6. The first-order chi connectivity index (χ1) is 18.8. The maximum atomic E-state index is 14.1. The fourth-order valence-corrected chi connectivity index (χ4v) is 5.89. The molecule has 2 fully saturated rings. The van der Waals surface area contributed by atoms with E-state index in [-0.39, 0.29) is 47.3 Å². The van der Waals surface area contributed by atoms with Crippen LogP contribution in [0.5, 0.6) is 0 Å². The molecule has 2 N–H and O–H groups in total. The molecule has 0 bridgehead atoms. The van der Waals surface area contributed by atoms with Crippen molar-refractivity contribution in [1.82, 2.24) is 25.4 Å². The maximum Gasteiger partial charge on any atom is 0.291 e. The van der Waals surface area contributed by atoms with Gasteiger partial charge in [0.1, 0.15) is 18.1 Å². The third-order valence-corrected chi connectivity index (χ3v) is 8.26. The molecule has 41 heavy (non-hydrogen) atoms. The van der Waals surface area contributed by atoms with E-state index in [1.165, 1.54) is 19.0 Å². The number of Topliss-reactive ketones (excluding diaryl/α,β-unsaturated/α-hetero) is 1. The van der Waals surface area contributed by atoms with Gasteiger partial charge in [0.25, 0.3) is 5.91 Å². The highest BCUT2D eigenvalue weighted by Crippen LogP contribution is 2.65. The number of likely N-dealkylation sites (tertiary alicyclic amines) is 1. The summed E-state index contributed by atoms with van der Waals surface area (Å²) in [6, 6.07) is 2.43. The number of pyridine rings is 1. The fourth-order valence-electron chi connectivity index (χ4n) is 5.89. The van der Waals surface area contributed by atoms with Crippen LogP contribution in [0.15, 0.2) is 24.4 Å². The second kappa shape index (κ2) is 11.5. The molecule has 10 heteroatoms. The summed E-state index contributed by atoms with van der Waals surface area (Å²) in [6.45, 7) is 16.1. The Hall–Kier alpha value is -3.30. The minimum Gasteiger partial charge on any atom is -0.344 e. The van der Waals surface area contributed by atoms with Crippen molar-refractivity contribution in [3.63, 3.8) is 0 Å². The molecular formula is C31H47N5O5. The zero-order chi connectivity index (χ0) is 31.1. The van der Waals surface area contributed by atoms with Crippen molar-refractivity contribution in [2.24, 2.45) is 28.1 Å². The van der Waals surface area contributed by atoms with Crippen LogP contribution in [-0.4, -0.2) is 83.0 Å². The van der Waals surface area contributed by atoms with Gasteiger partial charge in [0.2, 0.25) is 23.5 Å². The van der Waals surface area contributed by atoms with E-state index < -0.39 is 41.1 Å². The molecule has 5 atom stereocenters. The van der Waals surface area contributed by atoms with Gasteiger partial charge in [-0.15, -0.1) is 0 Å². The second-order valence-electron chi connectivity index (χ2n) is 14.6. The van der Waals surface area contributed by atoms with Gasteiger partial charge in [0.15, 0.2) is 0 Å². The van der Waals surface area contributed by atoms with Crippen LogP contribution in [0.3, 0.4) is 0 Å². The molecule has 3 rings (SSSR count). The van der Waals surface area contributed by atoms with Gasteiger partial charge in [0.05, 0.1) is 0 Å². The molecular weight excluding hydrogens is 522 g/mol. The standard InChI is InChI=1S/C31H47N5O5/c1-29(2,3)16-21(37)34-25(30(4,5)6)28(41)36-17-19-22(31(19,7)8)23(36)26(39)33-20(24(38)27(40)35(9)10)15-18-13-11-12-14-32-18/h11-14,19-20,22-23,25H,15-17H2,1-10H3,(H,33,39)(H,34,37)/t19-,20-,22-,23-,25+/m0/s1. The summed E-state index contributed by atoms with van der Waals surface area (Å²) >= 11 is 0. The number of piperidine rings is 1. The van der Waals surface area contributed by atoms with Gasteiger partial charge in [-0.25, -0.2) is 0 Å². The molecule has 1 aromatic rings. The van der Waals surface area contributed by atoms with E-state index in [9.17, 15) is 24.0 Å². The number of hydrogen-bond acceptors (Lipinski definition) is 6. The number of amides is 4. The predicted octanol–water partition coefficient (Wildman–Crippen LogP) is 2.22. The lowest BCUT2D eigenvalue weighted by atomic mass is 9.84. The summed E-state index contributed by atoms with van der Waals surface area (Å²) in [7, 11) is 2.96. The van der Waals surface area contributed by atoms with Gasteiger partial charge in [0, 0.05) is 45.4 Å². The van der Waals surface area contributed by atoms with Crippen molar-refractivity contribution in [1.29, 1.82) is 0 Å². The molecule has 4 amide bonds. The van der Waals surface area contributed by atoms with E-state index in [2.05, 4.69) is 29.5 Å².